The Kier molecular flexibility index (Phi) is 5.96. The minimum atomic E-state index is -0.425. The second-order valence-electron chi connectivity index (χ2n) is 7.35. The maximum Gasteiger partial charge on any atom is 0.341 e. The number of esters is 1. The molecule has 158 valence electrons. The van der Waals surface area contributed by atoms with Crippen LogP contribution < -0.4 is 10.9 Å². The van der Waals surface area contributed by atoms with Crippen LogP contribution in [0, 0.1) is 0 Å². The molecule has 2 aromatic heterocycles. The average molecular weight is 410 g/mol. The molecule has 0 aliphatic carbocycles. The Hall–Kier alpha value is -2.97. The number of rotatable bonds is 7. The van der Waals surface area contributed by atoms with E-state index in [1.165, 1.54) is 6.20 Å². The van der Waals surface area contributed by atoms with Crippen molar-refractivity contribution in [2.45, 2.75) is 32.4 Å². The SMILES string of the molecule is CCOC(=O)c1cnn(-c2cc(=O)n(C)c3ccccc23)c1CNCC1CCCO1. The zero-order chi connectivity index (χ0) is 21.1. The summed E-state index contributed by atoms with van der Waals surface area (Å²) in [5, 5.41) is 8.71. The molecule has 1 aromatic carbocycles. The highest BCUT2D eigenvalue weighted by Gasteiger charge is 2.22. The van der Waals surface area contributed by atoms with E-state index < -0.39 is 5.97 Å². The van der Waals surface area contributed by atoms with Crippen molar-refractivity contribution in [3.63, 3.8) is 0 Å². The van der Waals surface area contributed by atoms with Gasteiger partial charge in [0.1, 0.15) is 5.56 Å². The van der Waals surface area contributed by atoms with E-state index in [0.717, 1.165) is 30.4 Å². The van der Waals surface area contributed by atoms with E-state index in [0.29, 0.717) is 30.0 Å². The molecular formula is C22H26N4O4. The van der Waals surface area contributed by atoms with Gasteiger partial charge in [0.15, 0.2) is 0 Å². The van der Waals surface area contributed by atoms with Gasteiger partial charge in [-0.15, -0.1) is 0 Å². The molecule has 0 bridgehead atoms. The maximum atomic E-state index is 12.6. The summed E-state index contributed by atoms with van der Waals surface area (Å²) in [7, 11) is 1.74. The first-order valence-electron chi connectivity index (χ1n) is 10.3. The summed E-state index contributed by atoms with van der Waals surface area (Å²) in [4.78, 5) is 25.1. The molecule has 4 rings (SSSR count). The predicted molar refractivity (Wildman–Crippen MR) is 113 cm³/mol. The number of para-hydroxylation sites is 1. The van der Waals surface area contributed by atoms with Gasteiger partial charge in [-0.25, -0.2) is 9.48 Å². The van der Waals surface area contributed by atoms with E-state index in [9.17, 15) is 9.59 Å². The lowest BCUT2D eigenvalue weighted by Crippen LogP contribution is -2.28. The van der Waals surface area contributed by atoms with Crippen LogP contribution >= 0.6 is 0 Å². The molecule has 8 nitrogen and oxygen atoms in total. The lowest BCUT2D eigenvalue weighted by molar-refractivity contribution is 0.0524. The number of carbonyl (C=O) groups is 1. The maximum absolute atomic E-state index is 12.6. The first-order valence-corrected chi connectivity index (χ1v) is 10.3. The van der Waals surface area contributed by atoms with E-state index >= 15 is 0 Å². The van der Waals surface area contributed by atoms with Crippen LogP contribution in [0.15, 0.2) is 41.3 Å². The number of carbonyl (C=O) groups excluding carboxylic acids is 1. The second kappa shape index (κ2) is 8.81. The van der Waals surface area contributed by atoms with Gasteiger partial charge in [-0.3, -0.25) is 4.79 Å². The highest BCUT2D eigenvalue weighted by Crippen LogP contribution is 2.23. The van der Waals surface area contributed by atoms with Crippen molar-refractivity contribution in [3.8, 4) is 5.69 Å². The van der Waals surface area contributed by atoms with Gasteiger partial charge in [-0.05, 0) is 25.8 Å². The third kappa shape index (κ3) is 3.88. The molecule has 0 spiro atoms. The van der Waals surface area contributed by atoms with E-state index in [1.54, 1.807) is 29.3 Å². The molecule has 8 heteroatoms. The summed E-state index contributed by atoms with van der Waals surface area (Å²) in [5.74, 6) is -0.425. The number of benzene rings is 1. The lowest BCUT2D eigenvalue weighted by Gasteiger charge is -2.15. The molecule has 0 amide bonds. The predicted octanol–water partition coefficient (Wildman–Crippen LogP) is 2.17. The van der Waals surface area contributed by atoms with Crippen LogP contribution in [0.3, 0.4) is 0 Å². The van der Waals surface area contributed by atoms with Crippen LogP contribution in [-0.4, -0.2) is 46.2 Å². The van der Waals surface area contributed by atoms with Crippen LogP contribution in [0.5, 0.6) is 0 Å². The quantitative estimate of drug-likeness (QED) is 0.601. The molecular weight excluding hydrogens is 384 g/mol. The van der Waals surface area contributed by atoms with Crippen molar-refractivity contribution < 1.29 is 14.3 Å². The molecule has 1 N–H and O–H groups in total. The van der Waals surface area contributed by atoms with Gasteiger partial charge in [0.25, 0.3) is 5.56 Å². The number of hydrogen-bond acceptors (Lipinski definition) is 6. The van der Waals surface area contributed by atoms with E-state index in [4.69, 9.17) is 9.47 Å². The summed E-state index contributed by atoms with van der Waals surface area (Å²) >= 11 is 0. The second-order valence-corrected chi connectivity index (χ2v) is 7.35. The normalized spacial score (nSPS) is 16.3. The van der Waals surface area contributed by atoms with Crippen molar-refractivity contribution in [1.82, 2.24) is 19.7 Å². The molecule has 1 aliphatic heterocycles. The molecule has 3 heterocycles. The third-order valence-electron chi connectivity index (χ3n) is 5.41. The third-order valence-corrected chi connectivity index (χ3v) is 5.41. The minimum absolute atomic E-state index is 0.143. The zero-order valence-electron chi connectivity index (χ0n) is 17.3. The minimum Gasteiger partial charge on any atom is -0.462 e. The molecule has 1 fully saturated rings. The van der Waals surface area contributed by atoms with Crippen molar-refractivity contribution in [1.29, 1.82) is 0 Å². The van der Waals surface area contributed by atoms with E-state index in [1.807, 2.05) is 24.3 Å². The van der Waals surface area contributed by atoms with Crippen molar-refractivity contribution >= 4 is 16.9 Å². The number of hydrogen-bond donors (Lipinski definition) is 1. The summed E-state index contributed by atoms with van der Waals surface area (Å²) in [6.45, 7) is 3.92. The van der Waals surface area contributed by atoms with Gasteiger partial charge < -0.3 is 19.4 Å². The van der Waals surface area contributed by atoms with Crippen LogP contribution in [0.25, 0.3) is 16.6 Å². The highest BCUT2D eigenvalue weighted by molar-refractivity contribution is 5.92. The fraction of sp³-hybridized carbons (Fsp3) is 0.409. The first-order chi connectivity index (χ1) is 14.6. The Bertz CT molecular complexity index is 1110. The van der Waals surface area contributed by atoms with Gasteiger partial charge in [0.2, 0.25) is 0 Å². The zero-order valence-corrected chi connectivity index (χ0v) is 17.3. The number of ether oxygens (including phenoxy) is 2. The fourth-order valence-electron chi connectivity index (χ4n) is 3.86. The Morgan fingerprint density at radius 3 is 2.97 bits per heavy atom. The Morgan fingerprint density at radius 2 is 2.20 bits per heavy atom. The summed E-state index contributed by atoms with van der Waals surface area (Å²) < 4.78 is 14.2. The molecule has 1 atom stereocenters. The van der Waals surface area contributed by atoms with Crippen molar-refractivity contribution in [3.05, 3.63) is 58.1 Å². The van der Waals surface area contributed by atoms with Gasteiger partial charge in [-0.2, -0.15) is 5.10 Å². The molecule has 1 saturated heterocycles. The van der Waals surface area contributed by atoms with Crippen molar-refractivity contribution in [2.24, 2.45) is 7.05 Å². The van der Waals surface area contributed by atoms with Gasteiger partial charge in [0.05, 0.1) is 35.8 Å². The van der Waals surface area contributed by atoms with Crippen LogP contribution in [-0.2, 0) is 23.1 Å². The van der Waals surface area contributed by atoms with E-state index in [2.05, 4.69) is 10.4 Å². The summed E-state index contributed by atoms with van der Waals surface area (Å²) in [5.41, 5.74) is 2.34. The number of nitrogens with zero attached hydrogens (tertiary/aromatic N) is 3. The highest BCUT2D eigenvalue weighted by atomic mass is 16.5. The molecule has 1 aliphatic rings. The standard InChI is InChI=1S/C22H26N4O4/c1-3-29-22(28)17-13-24-26(20(17)14-23-12-15-7-6-10-30-15)19-11-21(27)25(2)18-9-5-4-8-16(18)19/h4-5,8-9,11,13,15,23H,3,6-7,10,12,14H2,1-2H3. The van der Waals surface area contributed by atoms with Crippen LogP contribution in [0.4, 0.5) is 0 Å². The largest absolute Gasteiger partial charge is 0.462 e. The van der Waals surface area contributed by atoms with Gasteiger partial charge in [0, 0.05) is 38.2 Å². The van der Waals surface area contributed by atoms with E-state index in [-0.39, 0.29) is 18.3 Å². The fourth-order valence-corrected chi connectivity index (χ4v) is 3.86. The molecule has 1 unspecified atom stereocenters. The lowest BCUT2D eigenvalue weighted by atomic mass is 10.1. The van der Waals surface area contributed by atoms with Gasteiger partial charge in [-0.1, -0.05) is 18.2 Å². The number of fused-ring (bicyclic) bond motifs is 1. The van der Waals surface area contributed by atoms with Crippen LogP contribution in [0.1, 0.15) is 35.8 Å². The molecule has 0 saturated carbocycles. The smallest absolute Gasteiger partial charge is 0.341 e. The molecule has 3 aromatic rings. The van der Waals surface area contributed by atoms with Crippen LogP contribution in [0.2, 0.25) is 0 Å². The number of aryl methyl sites for hydroxylation is 1. The first kappa shape index (κ1) is 20.3. The van der Waals surface area contributed by atoms with Gasteiger partial charge >= 0.3 is 5.97 Å². The van der Waals surface area contributed by atoms with Crippen molar-refractivity contribution in [2.75, 3.05) is 19.8 Å². The Labute approximate surface area is 174 Å². The molecule has 0 radical (unpaired) electrons. The Balaban J connectivity index is 1.76. The Morgan fingerprint density at radius 1 is 1.37 bits per heavy atom. The summed E-state index contributed by atoms with van der Waals surface area (Å²) in [6.07, 6.45) is 3.78. The number of pyridine rings is 1. The number of aromatic nitrogens is 3. The molecule has 30 heavy (non-hydrogen) atoms. The number of nitrogens with one attached hydrogen (secondary N) is 1. The monoisotopic (exact) mass is 410 g/mol. The summed E-state index contributed by atoms with van der Waals surface area (Å²) in [6, 6.07) is 9.20. The average Bonchev–Trinajstić information content (AvgIpc) is 3.41. The topological polar surface area (TPSA) is 87.4 Å².